The van der Waals surface area contributed by atoms with Gasteiger partial charge >= 0.3 is 5.97 Å². The molecule has 1 atom stereocenters. The molecule has 0 amide bonds. The third-order valence-corrected chi connectivity index (χ3v) is 2.20. The predicted octanol–water partition coefficient (Wildman–Crippen LogP) is 1.62. The first-order chi connectivity index (χ1) is 8.11. The number of benzene rings is 1. The van der Waals surface area contributed by atoms with Gasteiger partial charge in [-0.25, -0.2) is 4.79 Å². The van der Waals surface area contributed by atoms with E-state index < -0.39 is 5.97 Å². The highest BCUT2D eigenvalue weighted by Gasteiger charge is 2.05. The lowest BCUT2D eigenvalue weighted by molar-refractivity contribution is -0.131. The number of aliphatic hydroxyl groups excluding tert-OH is 1. The number of aryl methyl sites for hydroxylation is 1. The van der Waals surface area contributed by atoms with Crippen LogP contribution in [-0.2, 0) is 4.79 Å². The van der Waals surface area contributed by atoms with E-state index in [-0.39, 0.29) is 19.1 Å². The number of hydrogen-bond acceptors (Lipinski definition) is 3. The molecule has 0 aliphatic carbocycles. The van der Waals surface area contributed by atoms with Crippen molar-refractivity contribution in [3.63, 3.8) is 0 Å². The Morgan fingerprint density at radius 3 is 2.88 bits per heavy atom. The van der Waals surface area contributed by atoms with Crippen LogP contribution in [-0.4, -0.2) is 29.4 Å². The van der Waals surface area contributed by atoms with Crippen LogP contribution in [0.1, 0.15) is 5.56 Å². The minimum absolute atomic E-state index is 0.143. The lowest BCUT2D eigenvalue weighted by Crippen LogP contribution is -2.14. The van der Waals surface area contributed by atoms with Crippen molar-refractivity contribution >= 4 is 5.97 Å². The molecule has 0 aromatic heterocycles. The molecule has 0 heterocycles. The van der Waals surface area contributed by atoms with Gasteiger partial charge in [0.2, 0.25) is 0 Å². The largest absolute Gasteiger partial charge is 0.493 e. The molecule has 0 spiro atoms. The maximum absolute atomic E-state index is 10.3. The van der Waals surface area contributed by atoms with Crippen molar-refractivity contribution in [2.45, 2.75) is 6.92 Å². The molecule has 1 aromatic carbocycles. The average molecular weight is 236 g/mol. The third-order valence-electron chi connectivity index (χ3n) is 2.20. The number of rotatable bonds is 6. The first-order valence-corrected chi connectivity index (χ1v) is 5.33. The Bertz CT molecular complexity index is 398. The average Bonchev–Trinajstić information content (AvgIpc) is 2.29. The first-order valence-electron chi connectivity index (χ1n) is 5.33. The maximum atomic E-state index is 10.3. The summed E-state index contributed by atoms with van der Waals surface area (Å²) in [4.78, 5) is 10.3. The van der Waals surface area contributed by atoms with Crippen molar-refractivity contribution in [2.75, 3.05) is 13.2 Å². The van der Waals surface area contributed by atoms with Crippen LogP contribution in [0.4, 0.5) is 0 Å². The summed E-state index contributed by atoms with van der Waals surface area (Å²) >= 11 is 0. The summed E-state index contributed by atoms with van der Waals surface area (Å²) in [6.45, 7) is 2.07. The molecule has 92 valence electrons. The topological polar surface area (TPSA) is 66.8 Å². The Balaban J connectivity index is 2.50. The van der Waals surface area contributed by atoms with Crippen LogP contribution in [0, 0.1) is 12.8 Å². The number of carboxylic acids is 1. The van der Waals surface area contributed by atoms with Gasteiger partial charge in [0.1, 0.15) is 5.75 Å². The second-order valence-corrected chi connectivity index (χ2v) is 3.77. The van der Waals surface area contributed by atoms with E-state index in [0.717, 1.165) is 11.6 Å². The van der Waals surface area contributed by atoms with E-state index in [1.165, 1.54) is 6.08 Å². The summed E-state index contributed by atoms with van der Waals surface area (Å²) in [6.07, 6.45) is 2.44. The van der Waals surface area contributed by atoms with Crippen LogP contribution < -0.4 is 4.74 Å². The van der Waals surface area contributed by atoms with Crippen LogP contribution in [0.5, 0.6) is 5.75 Å². The summed E-state index contributed by atoms with van der Waals surface area (Å²) < 4.78 is 5.47. The van der Waals surface area contributed by atoms with E-state index in [0.29, 0.717) is 5.75 Å². The SMILES string of the molecule is Cc1cccc(OCC(C=CC(=O)O)CO)c1. The zero-order chi connectivity index (χ0) is 12.7. The highest BCUT2D eigenvalue weighted by atomic mass is 16.5. The molecule has 0 aliphatic heterocycles. The Kier molecular flexibility index (Phi) is 5.23. The Hall–Kier alpha value is -1.81. The number of aliphatic carboxylic acids is 1. The van der Waals surface area contributed by atoms with Crippen molar-refractivity contribution in [3.8, 4) is 5.75 Å². The fraction of sp³-hybridized carbons (Fsp3) is 0.308. The van der Waals surface area contributed by atoms with Crippen molar-refractivity contribution in [1.82, 2.24) is 0 Å². The van der Waals surface area contributed by atoms with E-state index in [1.807, 2.05) is 31.2 Å². The fourth-order valence-corrected chi connectivity index (χ4v) is 1.30. The van der Waals surface area contributed by atoms with Crippen LogP contribution >= 0.6 is 0 Å². The quantitative estimate of drug-likeness (QED) is 0.736. The molecule has 0 fully saturated rings. The third kappa shape index (κ3) is 5.17. The summed E-state index contributed by atoms with van der Waals surface area (Å²) in [7, 11) is 0. The van der Waals surface area contributed by atoms with E-state index in [4.69, 9.17) is 14.9 Å². The van der Waals surface area contributed by atoms with Gasteiger partial charge in [-0.2, -0.15) is 0 Å². The van der Waals surface area contributed by atoms with Gasteiger partial charge in [-0.3, -0.25) is 0 Å². The summed E-state index contributed by atoms with van der Waals surface area (Å²) in [5.41, 5.74) is 1.09. The smallest absolute Gasteiger partial charge is 0.327 e. The molecule has 0 aliphatic rings. The summed E-state index contributed by atoms with van der Waals surface area (Å²) in [5, 5.41) is 17.5. The Morgan fingerprint density at radius 1 is 1.53 bits per heavy atom. The van der Waals surface area contributed by atoms with Gasteiger partial charge in [0.15, 0.2) is 0 Å². The van der Waals surface area contributed by atoms with Crippen molar-refractivity contribution in [1.29, 1.82) is 0 Å². The molecular weight excluding hydrogens is 220 g/mol. The van der Waals surface area contributed by atoms with Gasteiger partial charge in [0.25, 0.3) is 0 Å². The second-order valence-electron chi connectivity index (χ2n) is 3.77. The fourth-order valence-electron chi connectivity index (χ4n) is 1.30. The van der Waals surface area contributed by atoms with Crippen molar-refractivity contribution in [2.24, 2.45) is 5.92 Å². The minimum Gasteiger partial charge on any atom is -0.493 e. The molecule has 4 heteroatoms. The summed E-state index contributed by atoms with van der Waals surface area (Å²) in [6, 6.07) is 7.55. The van der Waals surface area contributed by atoms with Crippen LogP contribution in [0.25, 0.3) is 0 Å². The number of carbonyl (C=O) groups is 1. The van der Waals surface area contributed by atoms with Gasteiger partial charge < -0.3 is 14.9 Å². The molecule has 17 heavy (non-hydrogen) atoms. The zero-order valence-electron chi connectivity index (χ0n) is 9.67. The molecule has 4 nitrogen and oxygen atoms in total. The zero-order valence-corrected chi connectivity index (χ0v) is 9.67. The lowest BCUT2D eigenvalue weighted by atomic mass is 10.1. The molecule has 0 saturated carbocycles. The molecule has 1 rings (SSSR count). The molecule has 1 unspecified atom stereocenters. The lowest BCUT2D eigenvalue weighted by Gasteiger charge is -2.11. The molecular formula is C13H16O4. The van der Waals surface area contributed by atoms with Gasteiger partial charge in [0, 0.05) is 12.0 Å². The van der Waals surface area contributed by atoms with Gasteiger partial charge in [-0.1, -0.05) is 18.2 Å². The van der Waals surface area contributed by atoms with Gasteiger partial charge in [0.05, 0.1) is 13.2 Å². The van der Waals surface area contributed by atoms with Gasteiger partial charge in [-0.05, 0) is 24.6 Å². The van der Waals surface area contributed by atoms with E-state index in [2.05, 4.69) is 0 Å². The molecule has 1 aromatic rings. The van der Waals surface area contributed by atoms with Gasteiger partial charge in [-0.15, -0.1) is 0 Å². The monoisotopic (exact) mass is 236 g/mol. The van der Waals surface area contributed by atoms with E-state index in [1.54, 1.807) is 0 Å². The molecule has 0 radical (unpaired) electrons. The first kappa shape index (κ1) is 13.3. The normalized spacial score (nSPS) is 12.6. The molecule has 2 N–H and O–H groups in total. The minimum atomic E-state index is -1.03. The van der Waals surface area contributed by atoms with Crippen molar-refractivity contribution < 1.29 is 19.7 Å². The van der Waals surface area contributed by atoms with E-state index in [9.17, 15) is 4.79 Å². The standard InChI is InChI=1S/C13H16O4/c1-10-3-2-4-12(7-10)17-9-11(8-14)5-6-13(15)16/h2-7,11,14H,8-9H2,1H3,(H,15,16). The van der Waals surface area contributed by atoms with Crippen LogP contribution in [0.3, 0.4) is 0 Å². The van der Waals surface area contributed by atoms with E-state index >= 15 is 0 Å². The molecule has 0 bridgehead atoms. The molecule has 0 saturated heterocycles. The Labute approximate surface area is 100 Å². The summed E-state index contributed by atoms with van der Waals surface area (Å²) in [5.74, 6) is -0.627. The number of carboxylic acid groups (broad SMARTS) is 1. The van der Waals surface area contributed by atoms with Crippen LogP contribution in [0.15, 0.2) is 36.4 Å². The number of ether oxygens (including phenoxy) is 1. The predicted molar refractivity (Wildman–Crippen MR) is 64.0 cm³/mol. The second kappa shape index (κ2) is 6.70. The highest BCUT2D eigenvalue weighted by Crippen LogP contribution is 2.13. The van der Waals surface area contributed by atoms with Crippen LogP contribution in [0.2, 0.25) is 0 Å². The Morgan fingerprint density at radius 2 is 2.29 bits per heavy atom. The maximum Gasteiger partial charge on any atom is 0.327 e. The number of aliphatic hydroxyl groups is 1. The van der Waals surface area contributed by atoms with Crippen molar-refractivity contribution in [3.05, 3.63) is 42.0 Å². The number of hydrogen-bond donors (Lipinski definition) is 2. The highest BCUT2D eigenvalue weighted by molar-refractivity contribution is 5.79.